The van der Waals surface area contributed by atoms with Gasteiger partial charge in [0.05, 0.1) is 20.3 Å². The van der Waals surface area contributed by atoms with E-state index in [1.54, 1.807) is 7.11 Å². The maximum atomic E-state index is 8.96. The van der Waals surface area contributed by atoms with Gasteiger partial charge in [0.15, 0.2) is 17.5 Å². The molecule has 3 N–H and O–H groups in total. The van der Waals surface area contributed by atoms with Crippen LogP contribution in [0.3, 0.4) is 0 Å². The van der Waals surface area contributed by atoms with Gasteiger partial charge in [-0.3, -0.25) is 4.90 Å². The monoisotopic (exact) mass is 568 g/mol. The fraction of sp³-hybridized carbons (Fsp3) is 0.480. The maximum Gasteiger partial charge on any atom is 0.191 e. The number of ether oxygens (including phenoxy) is 2. The van der Waals surface area contributed by atoms with Gasteiger partial charge in [0.25, 0.3) is 0 Å². The van der Waals surface area contributed by atoms with E-state index < -0.39 is 0 Å². The highest BCUT2D eigenvalue weighted by atomic mass is 127. The van der Waals surface area contributed by atoms with Crippen LogP contribution in [0, 0.1) is 0 Å². The highest BCUT2D eigenvalue weighted by molar-refractivity contribution is 14.0. The molecule has 1 aliphatic rings. The SMILES string of the molecule is CCNC(=NCc1ccc(OCCO)c(OC)c1)NC1CCN(Cc2ccccc2)CC1.I. The summed E-state index contributed by atoms with van der Waals surface area (Å²) in [6.45, 7) is 6.83. The van der Waals surface area contributed by atoms with E-state index >= 15 is 0 Å². The van der Waals surface area contributed by atoms with E-state index in [0.717, 1.165) is 50.5 Å². The zero-order valence-corrected chi connectivity index (χ0v) is 22.0. The van der Waals surface area contributed by atoms with Gasteiger partial charge in [-0.25, -0.2) is 4.99 Å². The molecular weight excluding hydrogens is 531 g/mol. The second-order valence-electron chi connectivity index (χ2n) is 7.93. The van der Waals surface area contributed by atoms with E-state index in [1.165, 1.54) is 5.56 Å². The summed E-state index contributed by atoms with van der Waals surface area (Å²) in [5.41, 5.74) is 2.41. The van der Waals surface area contributed by atoms with Crippen LogP contribution in [0.2, 0.25) is 0 Å². The number of aliphatic hydroxyl groups is 1. The van der Waals surface area contributed by atoms with Gasteiger partial charge < -0.3 is 25.2 Å². The predicted octanol–water partition coefficient (Wildman–Crippen LogP) is 3.40. The molecule has 1 heterocycles. The van der Waals surface area contributed by atoms with Crippen molar-refractivity contribution in [1.82, 2.24) is 15.5 Å². The molecule has 33 heavy (non-hydrogen) atoms. The molecule has 1 fully saturated rings. The van der Waals surface area contributed by atoms with Crippen LogP contribution in [0.1, 0.15) is 30.9 Å². The summed E-state index contributed by atoms with van der Waals surface area (Å²) in [5.74, 6) is 2.12. The van der Waals surface area contributed by atoms with Crippen molar-refractivity contribution in [1.29, 1.82) is 0 Å². The number of rotatable bonds is 10. The van der Waals surface area contributed by atoms with Crippen LogP contribution < -0.4 is 20.1 Å². The molecule has 1 aliphatic heterocycles. The van der Waals surface area contributed by atoms with E-state index in [-0.39, 0.29) is 37.2 Å². The van der Waals surface area contributed by atoms with E-state index in [0.29, 0.717) is 24.1 Å². The number of guanidine groups is 1. The fourth-order valence-corrected chi connectivity index (χ4v) is 3.85. The van der Waals surface area contributed by atoms with Crippen molar-refractivity contribution in [3.8, 4) is 11.5 Å². The normalized spacial score (nSPS) is 14.9. The van der Waals surface area contributed by atoms with Gasteiger partial charge in [0, 0.05) is 32.2 Å². The Labute approximate surface area is 214 Å². The topological polar surface area (TPSA) is 78.4 Å². The Morgan fingerprint density at radius 3 is 2.52 bits per heavy atom. The summed E-state index contributed by atoms with van der Waals surface area (Å²) >= 11 is 0. The highest BCUT2D eigenvalue weighted by Crippen LogP contribution is 2.28. The van der Waals surface area contributed by atoms with Gasteiger partial charge in [0.1, 0.15) is 6.61 Å². The van der Waals surface area contributed by atoms with Crippen molar-refractivity contribution in [3.05, 3.63) is 59.7 Å². The Morgan fingerprint density at radius 1 is 1.09 bits per heavy atom. The molecule has 2 aromatic rings. The summed E-state index contributed by atoms with van der Waals surface area (Å²) in [6.07, 6.45) is 2.20. The Kier molecular flexibility index (Phi) is 12.3. The average Bonchev–Trinajstić information content (AvgIpc) is 2.83. The van der Waals surface area contributed by atoms with Crippen LogP contribution in [-0.2, 0) is 13.1 Å². The molecule has 8 heteroatoms. The van der Waals surface area contributed by atoms with Gasteiger partial charge in [0.2, 0.25) is 0 Å². The van der Waals surface area contributed by atoms with Crippen LogP contribution in [0.4, 0.5) is 0 Å². The number of aliphatic imine (C=N–C) groups is 1. The first-order valence-electron chi connectivity index (χ1n) is 11.4. The Morgan fingerprint density at radius 2 is 1.85 bits per heavy atom. The molecule has 0 aliphatic carbocycles. The summed E-state index contributed by atoms with van der Waals surface area (Å²) in [7, 11) is 1.62. The lowest BCUT2D eigenvalue weighted by atomic mass is 10.0. The first kappa shape index (κ1) is 27.2. The molecule has 7 nitrogen and oxygen atoms in total. The molecule has 1 saturated heterocycles. The molecule has 0 unspecified atom stereocenters. The number of nitrogens with zero attached hydrogens (tertiary/aromatic N) is 2. The smallest absolute Gasteiger partial charge is 0.191 e. The van der Waals surface area contributed by atoms with Crippen LogP contribution in [0.25, 0.3) is 0 Å². The molecule has 182 valence electrons. The lowest BCUT2D eigenvalue weighted by Crippen LogP contribution is -2.48. The number of hydrogen-bond acceptors (Lipinski definition) is 5. The van der Waals surface area contributed by atoms with E-state index in [1.807, 2.05) is 18.2 Å². The fourth-order valence-electron chi connectivity index (χ4n) is 3.85. The van der Waals surface area contributed by atoms with Crippen molar-refractivity contribution in [3.63, 3.8) is 0 Å². The quantitative estimate of drug-likeness (QED) is 0.232. The number of hydrogen-bond donors (Lipinski definition) is 3. The van der Waals surface area contributed by atoms with Gasteiger partial charge in [-0.2, -0.15) is 0 Å². The zero-order valence-electron chi connectivity index (χ0n) is 19.6. The molecule has 2 aromatic carbocycles. The molecule has 0 radical (unpaired) electrons. The molecule has 0 saturated carbocycles. The number of halogens is 1. The van der Waals surface area contributed by atoms with Crippen molar-refractivity contribution in [2.45, 2.75) is 38.9 Å². The summed E-state index contributed by atoms with van der Waals surface area (Å²) < 4.78 is 10.9. The van der Waals surface area contributed by atoms with Crippen LogP contribution in [0.15, 0.2) is 53.5 Å². The third-order valence-corrected chi connectivity index (χ3v) is 5.52. The highest BCUT2D eigenvalue weighted by Gasteiger charge is 2.20. The molecule has 0 spiro atoms. The van der Waals surface area contributed by atoms with Crippen molar-refractivity contribution < 1.29 is 14.6 Å². The van der Waals surface area contributed by atoms with Crippen LogP contribution >= 0.6 is 24.0 Å². The minimum absolute atomic E-state index is 0. The van der Waals surface area contributed by atoms with E-state index in [2.05, 4.69) is 52.8 Å². The number of methoxy groups -OCH3 is 1. The third kappa shape index (κ3) is 9.02. The Hall–Kier alpha value is -2.04. The van der Waals surface area contributed by atoms with Gasteiger partial charge >= 0.3 is 0 Å². The maximum absolute atomic E-state index is 8.96. The van der Waals surface area contributed by atoms with E-state index in [9.17, 15) is 0 Å². The van der Waals surface area contributed by atoms with Gasteiger partial charge in [-0.05, 0) is 43.0 Å². The predicted molar refractivity (Wildman–Crippen MR) is 144 cm³/mol. The molecular formula is C25H37IN4O3. The number of benzene rings is 2. The minimum atomic E-state index is -0.0297. The van der Waals surface area contributed by atoms with Gasteiger partial charge in [-0.15, -0.1) is 24.0 Å². The van der Waals surface area contributed by atoms with E-state index in [4.69, 9.17) is 19.6 Å². The van der Waals surface area contributed by atoms with Crippen molar-refractivity contribution in [2.75, 3.05) is 40.0 Å². The van der Waals surface area contributed by atoms with Crippen LogP contribution in [-0.4, -0.2) is 62.0 Å². The first-order chi connectivity index (χ1) is 15.7. The number of likely N-dealkylation sites (tertiary alicyclic amines) is 1. The van der Waals surface area contributed by atoms with Crippen LogP contribution in [0.5, 0.6) is 11.5 Å². The first-order valence-corrected chi connectivity index (χ1v) is 11.4. The number of aliphatic hydroxyl groups excluding tert-OH is 1. The molecule has 0 bridgehead atoms. The zero-order chi connectivity index (χ0) is 22.6. The summed E-state index contributed by atoms with van der Waals surface area (Å²) in [6, 6.07) is 16.9. The lowest BCUT2D eigenvalue weighted by Gasteiger charge is -2.33. The minimum Gasteiger partial charge on any atom is -0.493 e. The van der Waals surface area contributed by atoms with Crippen molar-refractivity contribution in [2.24, 2.45) is 4.99 Å². The second-order valence-corrected chi connectivity index (χ2v) is 7.93. The second kappa shape index (κ2) is 15.0. The standard InChI is InChI=1S/C25H36N4O3.HI/c1-3-26-25(27-18-21-9-10-23(32-16-15-30)24(17-21)31-2)28-22-11-13-29(14-12-22)19-20-7-5-4-6-8-20;/h4-10,17,22,30H,3,11-16,18-19H2,1-2H3,(H2,26,27,28);1H. The Bertz CT molecular complexity index is 843. The third-order valence-electron chi connectivity index (χ3n) is 5.52. The molecule has 0 atom stereocenters. The lowest BCUT2D eigenvalue weighted by molar-refractivity contribution is 0.196. The van der Waals surface area contributed by atoms with Crippen molar-refractivity contribution >= 4 is 29.9 Å². The Balaban J connectivity index is 0.00000385. The number of piperidine rings is 1. The molecule has 0 amide bonds. The average molecular weight is 569 g/mol. The molecule has 3 rings (SSSR count). The van der Waals surface area contributed by atoms with Gasteiger partial charge in [-0.1, -0.05) is 36.4 Å². The molecule has 0 aromatic heterocycles. The summed E-state index contributed by atoms with van der Waals surface area (Å²) in [5, 5.41) is 15.9. The summed E-state index contributed by atoms with van der Waals surface area (Å²) in [4.78, 5) is 7.29. The number of nitrogens with one attached hydrogen (secondary N) is 2. The largest absolute Gasteiger partial charge is 0.493 e.